The lowest BCUT2D eigenvalue weighted by Gasteiger charge is -2.19. The van der Waals surface area contributed by atoms with Crippen LogP contribution in [0.3, 0.4) is 0 Å². The fourth-order valence-electron chi connectivity index (χ4n) is 3.05. The molecule has 2 aromatic carbocycles. The highest BCUT2D eigenvalue weighted by Crippen LogP contribution is 2.22. The minimum atomic E-state index is -0.154. The van der Waals surface area contributed by atoms with Gasteiger partial charge < -0.3 is 16.0 Å². The number of para-hydroxylation sites is 1. The van der Waals surface area contributed by atoms with Crippen LogP contribution >= 0.6 is 0 Å². The molecule has 0 unspecified atom stereocenters. The molecular formula is C22H27N3O2. The van der Waals surface area contributed by atoms with E-state index in [2.05, 4.69) is 35.0 Å². The topological polar surface area (TPSA) is 70.2 Å². The number of hydrogen-bond donors (Lipinski definition) is 3. The van der Waals surface area contributed by atoms with Crippen molar-refractivity contribution in [3.05, 3.63) is 65.7 Å². The van der Waals surface area contributed by atoms with Gasteiger partial charge in [-0.05, 0) is 37.0 Å². The van der Waals surface area contributed by atoms with Crippen molar-refractivity contribution < 1.29 is 9.59 Å². The van der Waals surface area contributed by atoms with Crippen molar-refractivity contribution in [1.82, 2.24) is 10.6 Å². The van der Waals surface area contributed by atoms with Crippen molar-refractivity contribution >= 4 is 17.5 Å². The monoisotopic (exact) mass is 365 g/mol. The first-order valence-electron chi connectivity index (χ1n) is 9.65. The number of anilines is 1. The molecule has 1 saturated carbocycles. The quantitative estimate of drug-likeness (QED) is 0.635. The highest BCUT2D eigenvalue weighted by molar-refractivity contribution is 6.04. The minimum Gasteiger partial charge on any atom is -0.349 e. The summed E-state index contributed by atoms with van der Waals surface area (Å²) in [5, 5.41) is 9.17. The molecule has 5 nitrogen and oxygen atoms in total. The molecule has 1 atom stereocenters. The van der Waals surface area contributed by atoms with E-state index in [1.165, 1.54) is 5.56 Å². The van der Waals surface area contributed by atoms with E-state index < -0.39 is 0 Å². The summed E-state index contributed by atoms with van der Waals surface area (Å²) in [6, 6.07) is 17.7. The van der Waals surface area contributed by atoms with Crippen molar-refractivity contribution in [2.45, 2.75) is 44.7 Å². The maximum atomic E-state index is 12.5. The van der Waals surface area contributed by atoms with E-state index in [0.717, 1.165) is 25.7 Å². The molecule has 3 rings (SSSR count). The molecule has 5 heteroatoms. The molecule has 1 aliphatic rings. The molecule has 0 spiro atoms. The summed E-state index contributed by atoms with van der Waals surface area (Å²) in [4.78, 5) is 24.8. The molecule has 1 aliphatic carbocycles. The van der Waals surface area contributed by atoms with Gasteiger partial charge >= 0.3 is 0 Å². The molecule has 3 N–H and O–H groups in total. The lowest BCUT2D eigenvalue weighted by Crippen LogP contribution is -2.32. The Kier molecular flexibility index (Phi) is 6.60. The van der Waals surface area contributed by atoms with Crippen molar-refractivity contribution in [3.8, 4) is 0 Å². The summed E-state index contributed by atoms with van der Waals surface area (Å²) < 4.78 is 0. The van der Waals surface area contributed by atoms with Crippen molar-refractivity contribution in [3.63, 3.8) is 0 Å². The number of carbonyl (C=O) groups excluding carboxylic acids is 2. The predicted molar refractivity (Wildman–Crippen MR) is 108 cm³/mol. The third-order valence-corrected chi connectivity index (χ3v) is 4.65. The van der Waals surface area contributed by atoms with Gasteiger partial charge in [-0.15, -0.1) is 0 Å². The molecule has 0 aliphatic heterocycles. The summed E-state index contributed by atoms with van der Waals surface area (Å²) in [7, 11) is 0. The van der Waals surface area contributed by atoms with Gasteiger partial charge in [0, 0.05) is 12.1 Å². The van der Waals surface area contributed by atoms with Crippen LogP contribution in [-0.2, 0) is 4.79 Å². The van der Waals surface area contributed by atoms with Crippen LogP contribution in [0.4, 0.5) is 5.69 Å². The highest BCUT2D eigenvalue weighted by Gasteiger charge is 2.25. The maximum absolute atomic E-state index is 12.5. The zero-order valence-electron chi connectivity index (χ0n) is 15.7. The van der Waals surface area contributed by atoms with Gasteiger partial charge in [-0.1, -0.05) is 55.8 Å². The number of carbonyl (C=O) groups is 2. The number of amides is 2. The van der Waals surface area contributed by atoms with Crippen LogP contribution < -0.4 is 16.0 Å². The molecule has 0 radical (unpaired) electrons. The first-order chi connectivity index (χ1) is 13.2. The van der Waals surface area contributed by atoms with Gasteiger partial charge in [-0.2, -0.15) is 0 Å². The molecular weight excluding hydrogens is 338 g/mol. The summed E-state index contributed by atoms with van der Waals surface area (Å²) in [6.45, 7) is 2.32. The minimum absolute atomic E-state index is 0.130. The summed E-state index contributed by atoms with van der Waals surface area (Å²) in [6.07, 6.45) is 4.04. The summed E-state index contributed by atoms with van der Waals surface area (Å²) in [5.74, 6) is -0.284. The van der Waals surface area contributed by atoms with E-state index in [9.17, 15) is 9.59 Å². The van der Waals surface area contributed by atoms with E-state index in [0.29, 0.717) is 11.3 Å². The highest BCUT2D eigenvalue weighted by atomic mass is 16.2. The van der Waals surface area contributed by atoms with Crippen LogP contribution in [0.5, 0.6) is 0 Å². The Hall–Kier alpha value is -2.66. The molecule has 1 fully saturated rings. The van der Waals surface area contributed by atoms with Crippen molar-refractivity contribution in [1.29, 1.82) is 0 Å². The molecule has 2 aromatic rings. The van der Waals surface area contributed by atoms with E-state index in [-0.39, 0.29) is 30.4 Å². The van der Waals surface area contributed by atoms with Gasteiger partial charge in [0.05, 0.1) is 17.8 Å². The van der Waals surface area contributed by atoms with Gasteiger partial charge in [-0.3, -0.25) is 9.59 Å². The van der Waals surface area contributed by atoms with Crippen molar-refractivity contribution in [2.24, 2.45) is 0 Å². The third-order valence-electron chi connectivity index (χ3n) is 4.65. The Bertz CT molecular complexity index is 772. The number of benzene rings is 2. The standard InChI is InChI=1S/C22H27N3O2/c1-2-8-19(16-9-4-3-5-10-16)23-15-21(26)25-20-12-7-6-11-18(20)22(27)24-17-13-14-17/h3-7,9-12,17,19,23H,2,8,13-15H2,1H3,(H,24,27)(H,25,26)/t19-/m0/s1. The first kappa shape index (κ1) is 19.1. The van der Waals surface area contributed by atoms with Gasteiger partial charge in [-0.25, -0.2) is 0 Å². The summed E-state index contributed by atoms with van der Waals surface area (Å²) >= 11 is 0. The normalized spacial score (nSPS) is 14.4. The molecule has 0 saturated heterocycles. The molecule has 0 aromatic heterocycles. The molecule has 142 valence electrons. The predicted octanol–water partition coefficient (Wildman–Crippen LogP) is 3.65. The Morgan fingerprint density at radius 1 is 1.04 bits per heavy atom. The Morgan fingerprint density at radius 2 is 1.74 bits per heavy atom. The smallest absolute Gasteiger partial charge is 0.253 e. The first-order valence-corrected chi connectivity index (χ1v) is 9.65. The van der Waals surface area contributed by atoms with Crippen LogP contribution in [0.1, 0.15) is 54.6 Å². The SMILES string of the molecule is CCC[C@H](NCC(=O)Nc1ccccc1C(=O)NC1CC1)c1ccccc1. The number of nitrogens with one attached hydrogen (secondary N) is 3. The van der Waals surface area contributed by atoms with Gasteiger partial charge in [0.1, 0.15) is 0 Å². The number of rotatable bonds is 9. The Balaban J connectivity index is 1.59. The lowest BCUT2D eigenvalue weighted by molar-refractivity contribution is -0.115. The van der Waals surface area contributed by atoms with Gasteiger partial charge in [0.25, 0.3) is 5.91 Å². The van der Waals surface area contributed by atoms with Crippen LogP contribution in [0.25, 0.3) is 0 Å². The zero-order chi connectivity index (χ0) is 19.1. The van der Waals surface area contributed by atoms with Gasteiger partial charge in [0.2, 0.25) is 5.91 Å². The largest absolute Gasteiger partial charge is 0.349 e. The van der Waals surface area contributed by atoms with Crippen LogP contribution in [0, 0.1) is 0 Å². The molecule has 27 heavy (non-hydrogen) atoms. The average Bonchev–Trinajstić information content (AvgIpc) is 3.50. The number of hydrogen-bond acceptors (Lipinski definition) is 3. The van der Waals surface area contributed by atoms with E-state index in [1.54, 1.807) is 12.1 Å². The Morgan fingerprint density at radius 3 is 2.44 bits per heavy atom. The average molecular weight is 365 g/mol. The van der Waals surface area contributed by atoms with Crippen LogP contribution in [0.2, 0.25) is 0 Å². The fraction of sp³-hybridized carbons (Fsp3) is 0.364. The van der Waals surface area contributed by atoms with Crippen LogP contribution in [0.15, 0.2) is 54.6 Å². The fourth-order valence-corrected chi connectivity index (χ4v) is 3.05. The van der Waals surface area contributed by atoms with Crippen LogP contribution in [-0.4, -0.2) is 24.4 Å². The zero-order valence-corrected chi connectivity index (χ0v) is 15.7. The summed E-state index contributed by atoms with van der Waals surface area (Å²) in [5.41, 5.74) is 2.23. The Labute approximate surface area is 160 Å². The van der Waals surface area contributed by atoms with E-state index >= 15 is 0 Å². The maximum Gasteiger partial charge on any atom is 0.253 e. The molecule has 0 heterocycles. The second-order valence-corrected chi connectivity index (χ2v) is 6.97. The molecule has 0 bridgehead atoms. The van der Waals surface area contributed by atoms with E-state index in [1.807, 2.05) is 30.3 Å². The second-order valence-electron chi connectivity index (χ2n) is 6.97. The van der Waals surface area contributed by atoms with E-state index in [4.69, 9.17) is 0 Å². The van der Waals surface area contributed by atoms with Gasteiger partial charge in [0.15, 0.2) is 0 Å². The second kappa shape index (κ2) is 9.33. The van der Waals surface area contributed by atoms with Crippen molar-refractivity contribution in [2.75, 3.05) is 11.9 Å². The molecule has 2 amide bonds. The third kappa shape index (κ3) is 5.66. The lowest BCUT2D eigenvalue weighted by atomic mass is 10.0.